The Bertz CT molecular complexity index is 1480. The zero-order valence-corrected chi connectivity index (χ0v) is 25.6. The lowest BCUT2D eigenvalue weighted by atomic mass is 10.0. The molecule has 2 aliphatic heterocycles. The number of nitrogens with zero attached hydrogens (tertiary/aromatic N) is 2. The van der Waals surface area contributed by atoms with Crippen molar-refractivity contribution >= 4 is 16.1 Å². The lowest BCUT2D eigenvalue weighted by Gasteiger charge is -2.31. The van der Waals surface area contributed by atoms with E-state index in [-0.39, 0.29) is 61.6 Å². The summed E-state index contributed by atoms with van der Waals surface area (Å²) in [5, 5.41) is 23.5. The molecule has 0 saturated carbocycles. The summed E-state index contributed by atoms with van der Waals surface area (Å²) in [5.41, 5.74) is 1.77. The number of ether oxygens (including phenoxy) is 3. The number of amides is 1. The second kappa shape index (κ2) is 14.2. The number of rotatable bonds is 13. The summed E-state index contributed by atoms with van der Waals surface area (Å²) in [6, 6.07) is 14.5. The highest BCUT2D eigenvalue weighted by molar-refractivity contribution is 7.89. The van der Waals surface area contributed by atoms with Crippen LogP contribution in [0.1, 0.15) is 31.5 Å². The number of aromatic nitrogens is 1. The first-order chi connectivity index (χ1) is 21.1. The molecule has 2 aromatic carbocycles. The number of carbonyl (C=O) groups is 1. The van der Waals surface area contributed by atoms with Crippen LogP contribution in [0, 0.1) is 11.8 Å². The lowest BCUT2D eigenvalue weighted by molar-refractivity contribution is -0.0907. The van der Waals surface area contributed by atoms with Gasteiger partial charge in [-0.15, -0.1) is 0 Å². The lowest BCUT2D eigenvalue weighted by Crippen LogP contribution is -2.51. The average molecular weight is 630 g/mol. The van der Waals surface area contributed by atoms with Gasteiger partial charge < -0.3 is 34.2 Å². The summed E-state index contributed by atoms with van der Waals surface area (Å²) in [6.07, 6.45) is -0.506. The molecule has 238 valence electrons. The molecule has 2 aliphatic rings. The van der Waals surface area contributed by atoms with E-state index in [9.17, 15) is 23.4 Å². The fourth-order valence-corrected chi connectivity index (χ4v) is 7.09. The molecule has 0 aliphatic carbocycles. The number of sulfonamides is 1. The van der Waals surface area contributed by atoms with Gasteiger partial charge in [0.25, 0.3) is 0 Å². The SMILES string of the molecule is CC(C)CN(C[C@@H](O)[C@H](Cc1ccccc1)NC(=O)O[C@H]1CO[C@H]2OCC[C@H]21)S(=O)(=O)c1ccc(-c2nc(CO)co2)cc1. The number of benzene rings is 2. The minimum absolute atomic E-state index is 0.0320. The normalized spacial score (nSPS) is 21.4. The molecule has 1 aromatic heterocycles. The van der Waals surface area contributed by atoms with Crippen LogP contribution in [0.25, 0.3) is 11.5 Å². The van der Waals surface area contributed by atoms with Gasteiger partial charge in [-0.2, -0.15) is 4.31 Å². The molecule has 13 heteroatoms. The van der Waals surface area contributed by atoms with Crippen molar-refractivity contribution in [2.24, 2.45) is 11.8 Å². The standard InChI is InChI=1S/C31H39N3O9S/c1-20(2)15-34(44(38,39)24-10-8-22(9-11-24)29-32-23(17-35)18-41-29)16-27(36)26(14-21-6-4-3-5-7-21)33-31(37)43-28-19-42-30-25(28)12-13-40-30/h3-11,18,20,25-28,30,35-36H,12-17,19H2,1-2H3,(H,33,37)/t25-,26-,27+,28-,30+/m0/s1. The van der Waals surface area contributed by atoms with Crippen LogP contribution in [0.4, 0.5) is 4.79 Å². The second-order valence-electron chi connectivity index (χ2n) is 11.5. The van der Waals surface area contributed by atoms with Crippen LogP contribution in [0.2, 0.25) is 0 Å². The molecular weight excluding hydrogens is 590 g/mol. The highest BCUT2D eigenvalue weighted by Gasteiger charge is 2.44. The van der Waals surface area contributed by atoms with Crippen LogP contribution in [0.15, 0.2) is 70.2 Å². The maximum absolute atomic E-state index is 13.8. The quantitative estimate of drug-likeness (QED) is 0.256. The Morgan fingerprint density at radius 2 is 1.86 bits per heavy atom. The first-order valence-electron chi connectivity index (χ1n) is 14.7. The van der Waals surface area contributed by atoms with Crippen molar-refractivity contribution in [1.29, 1.82) is 0 Å². The van der Waals surface area contributed by atoms with Gasteiger partial charge in [0.2, 0.25) is 15.9 Å². The smallest absolute Gasteiger partial charge is 0.407 e. The largest absolute Gasteiger partial charge is 0.444 e. The summed E-state index contributed by atoms with van der Waals surface area (Å²) in [5.74, 6) is 0.167. The molecule has 5 rings (SSSR count). The fourth-order valence-electron chi connectivity index (χ4n) is 5.47. The Morgan fingerprint density at radius 3 is 2.55 bits per heavy atom. The van der Waals surface area contributed by atoms with E-state index >= 15 is 0 Å². The number of aliphatic hydroxyl groups excluding tert-OH is 2. The Labute approximate surface area is 257 Å². The van der Waals surface area contributed by atoms with E-state index in [4.69, 9.17) is 18.6 Å². The number of hydrogen-bond acceptors (Lipinski definition) is 10. The maximum atomic E-state index is 13.8. The van der Waals surface area contributed by atoms with E-state index in [1.165, 1.54) is 22.7 Å². The third-order valence-electron chi connectivity index (χ3n) is 7.72. The number of hydrogen-bond donors (Lipinski definition) is 3. The molecule has 3 aromatic rings. The van der Waals surface area contributed by atoms with Crippen molar-refractivity contribution < 1.29 is 42.1 Å². The van der Waals surface area contributed by atoms with Crippen molar-refractivity contribution in [2.45, 2.75) is 62.7 Å². The number of nitrogens with one attached hydrogen (secondary N) is 1. The minimum atomic E-state index is -4.05. The summed E-state index contributed by atoms with van der Waals surface area (Å²) in [4.78, 5) is 17.2. The molecular formula is C31H39N3O9S. The van der Waals surface area contributed by atoms with E-state index in [0.717, 1.165) is 12.0 Å². The highest BCUT2D eigenvalue weighted by Crippen LogP contribution is 2.33. The van der Waals surface area contributed by atoms with Crippen molar-refractivity contribution in [3.63, 3.8) is 0 Å². The third-order valence-corrected chi connectivity index (χ3v) is 9.57. The molecule has 5 atom stereocenters. The topological polar surface area (TPSA) is 161 Å². The van der Waals surface area contributed by atoms with Crippen LogP contribution in [-0.2, 0) is 37.3 Å². The molecule has 3 heterocycles. The van der Waals surface area contributed by atoms with Crippen LogP contribution in [0.3, 0.4) is 0 Å². The van der Waals surface area contributed by atoms with Gasteiger partial charge in [0.05, 0.1) is 42.8 Å². The van der Waals surface area contributed by atoms with Crippen molar-refractivity contribution in [3.8, 4) is 11.5 Å². The number of oxazole rings is 1. The van der Waals surface area contributed by atoms with Gasteiger partial charge in [0.1, 0.15) is 18.1 Å². The van der Waals surface area contributed by atoms with Crippen molar-refractivity contribution in [3.05, 3.63) is 72.1 Å². The summed E-state index contributed by atoms with van der Waals surface area (Å²) < 4.78 is 51.1. The van der Waals surface area contributed by atoms with Crippen molar-refractivity contribution in [1.82, 2.24) is 14.6 Å². The molecule has 12 nitrogen and oxygen atoms in total. The second-order valence-corrected chi connectivity index (χ2v) is 13.5. The van der Waals surface area contributed by atoms with Crippen LogP contribution < -0.4 is 5.32 Å². The molecule has 1 amide bonds. The van der Waals surface area contributed by atoms with Gasteiger partial charge in [-0.05, 0) is 48.6 Å². The molecule has 0 bridgehead atoms. The highest BCUT2D eigenvalue weighted by atomic mass is 32.2. The Hall–Kier alpha value is -3.33. The third kappa shape index (κ3) is 7.65. The molecule has 0 spiro atoms. The van der Waals surface area contributed by atoms with Gasteiger partial charge >= 0.3 is 6.09 Å². The Balaban J connectivity index is 1.32. The van der Waals surface area contributed by atoms with E-state index in [1.54, 1.807) is 12.1 Å². The van der Waals surface area contributed by atoms with Gasteiger partial charge in [0.15, 0.2) is 6.29 Å². The number of fused-ring (bicyclic) bond motifs is 1. The summed E-state index contributed by atoms with van der Waals surface area (Å²) in [7, 11) is -4.05. The predicted molar refractivity (Wildman–Crippen MR) is 159 cm³/mol. The van der Waals surface area contributed by atoms with Crippen LogP contribution in [-0.4, -0.2) is 84.9 Å². The minimum Gasteiger partial charge on any atom is -0.444 e. The summed E-state index contributed by atoms with van der Waals surface area (Å²) in [6.45, 7) is 4.16. The van der Waals surface area contributed by atoms with E-state index < -0.39 is 34.4 Å². The van der Waals surface area contributed by atoms with Gasteiger partial charge in [-0.25, -0.2) is 18.2 Å². The fraction of sp³-hybridized carbons (Fsp3) is 0.484. The van der Waals surface area contributed by atoms with Gasteiger partial charge in [-0.3, -0.25) is 0 Å². The number of carbonyl (C=O) groups excluding carboxylic acids is 1. The molecule has 44 heavy (non-hydrogen) atoms. The molecule has 0 unspecified atom stereocenters. The van der Waals surface area contributed by atoms with E-state index in [1.807, 2.05) is 44.2 Å². The Morgan fingerprint density at radius 1 is 1.11 bits per heavy atom. The summed E-state index contributed by atoms with van der Waals surface area (Å²) >= 11 is 0. The zero-order chi connectivity index (χ0) is 31.3. The average Bonchev–Trinajstić information content (AvgIpc) is 3.76. The molecule has 0 radical (unpaired) electrons. The molecule has 2 saturated heterocycles. The molecule has 3 N–H and O–H groups in total. The van der Waals surface area contributed by atoms with E-state index in [2.05, 4.69) is 10.3 Å². The van der Waals surface area contributed by atoms with Gasteiger partial charge in [0, 0.05) is 18.7 Å². The monoisotopic (exact) mass is 629 g/mol. The first kappa shape index (κ1) is 32.1. The first-order valence-corrected chi connectivity index (χ1v) is 16.2. The zero-order valence-electron chi connectivity index (χ0n) is 24.7. The van der Waals surface area contributed by atoms with Gasteiger partial charge in [-0.1, -0.05) is 44.2 Å². The molecule has 2 fully saturated rings. The van der Waals surface area contributed by atoms with Crippen LogP contribution >= 0.6 is 0 Å². The number of alkyl carbamates (subject to hydrolysis) is 1. The van der Waals surface area contributed by atoms with E-state index in [0.29, 0.717) is 17.9 Å². The Kier molecular flexibility index (Phi) is 10.3. The number of aliphatic hydroxyl groups is 2. The van der Waals surface area contributed by atoms with Crippen molar-refractivity contribution in [2.75, 3.05) is 26.3 Å². The predicted octanol–water partition coefficient (Wildman–Crippen LogP) is 2.94. The van der Waals surface area contributed by atoms with Crippen LogP contribution in [0.5, 0.6) is 0 Å². The maximum Gasteiger partial charge on any atom is 0.407 e.